The van der Waals surface area contributed by atoms with E-state index in [2.05, 4.69) is 4.72 Å². The summed E-state index contributed by atoms with van der Waals surface area (Å²) < 4.78 is 50.9. The first-order valence-corrected chi connectivity index (χ1v) is 13.1. The minimum absolute atomic E-state index is 0.187. The van der Waals surface area contributed by atoms with Gasteiger partial charge in [0.2, 0.25) is 10.0 Å². The molecule has 1 aliphatic rings. The predicted molar refractivity (Wildman–Crippen MR) is 116 cm³/mol. The molecule has 0 aromatic heterocycles. The third kappa shape index (κ3) is 8.19. The number of aryl methyl sites for hydroxylation is 1. The molecule has 1 amide bonds. The van der Waals surface area contributed by atoms with E-state index in [-0.39, 0.29) is 37.4 Å². The van der Waals surface area contributed by atoms with Gasteiger partial charge in [-0.2, -0.15) is 0 Å². The van der Waals surface area contributed by atoms with Gasteiger partial charge in [0.15, 0.2) is 9.84 Å². The van der Waals surface area contributed by atoms with Crippen LogP contribution in [-0.4, -0.2) is 62.8 Å². The largest absolute Gasteiger partial charge is 0.465 e. The summed E-state index contributed by atoms with van der Waals surface area (Å²) >= 11 is 0. The molecule has 0 bridgehead atoms. The Morgan fingerprint density at radius 2 is 1.70 bits per heavy atom. The molecule has 0 saturated carbocycles. The number of hydrogen-bond acceptors (Lipinski definition) is 5. The molecule has 1 aromatic carbocycles. The Morgan fingerprint density at radius 1 is 1.03 bits per heavy atom. The molecule has 0 aliphatic carbocycles. The van der Waals surface area contributed by atoms with Crippen molar-refractivity contribution in [1.29, 1.82) is 0 Å². The lowest BCUT2D eigenvalue weighted by atomic mass is 10.1. The van der Waals surface area contributed by atoms with E-state index in [0.717, 1.165) is 19.0 Å². The van der Waals surface area contributed by atoms with Gasteiger partial charge in [0.05, 0.1) is 16.8 Å². The zero-order chi connectivity index (χ0) is 22.0. The Kier molecular flexibility index (Phi) is 8.91. The highest BCUT2D eigenvalue weighted by atomic mass is 32.2. The third-order valence-electron chi connectivity index (χ3n) is 4.84. The molecule has 0 radical (unpaired) electrons. The highest BCUT2D eigenvalue weighted by Gasteiger charge is 2.30. The number of sulfonamides is 1. The summed E-state index contributed by atoms with van der Waals surface area (Å²) in [6.45, 7) is 0.373. The Bertz CT molecular complexity index is 948. The predicted octanol–water partition coefficient (Wildman–Crippen LogP) is 2.17. The number of likely N-dealkylation sites (tertiary alicyclic amines) is 1. The van der Waals surface area contributed by atoms with Crippen LogP contribution in [0.2, 0.25) is 0 Å². The Morgan fingerprint density at radius 3 is 2.33 bits per heavy atom. The lowest BCUT2D eigenvalue weighted by molar-refractivity contribution is 0.136. The van der Waals surface area contributed by atoms with Gasteiger partial charge in [0.1, 0.15) is 0 Å². The molecule has 2 rings (SSSR count). The van der Waals surface area contributed by atoms with Gasteiger partial charge in [-0.15, -0.1) is 0 Å². The van der Waals surface area contributed by atoms with Crippen LogP contribution in [0.5, 0.6) is 0 Å². The highest BCUT2D eigenvalue weighted by Crippen LogP contribution is 2.18. The second-order valence-electron chi connectivity index (χ2n) is 7.10. The monoisotopic (exact) mass is 456 g/mol. The molecule has 1 fully saturated rings. The van der Waals surface area contributed by atoms with Crippen molar-refractivity contribution in [2.45, 2.75) is 30.9 Å². The Labute approximate surface area is 178 Å². The first kappa shape index (κ1) is 23.9. The van der Waals surface area contributed by atoms with Gasteiger partial charge >= 0.3 is 6.09 Å². The van der Waals surface area contributed by atoms with Crippen LogP contribution in [0.25, 0.3) is 0 Å². The second-order valence-corrected chi connectivity index (χ2v) is 11.2. The van der Waals surface area contributed by atoms with Gasteiger partial charge in [-0.1, -0.05) is 48.6 Å². The molecule has 1 aliphatic heterocycles. The van der Waals surface area contributed by atoms with Crippen LogP contribution in [0.15, 0.2) is 54.8 Å². The van der Waals surface area contributed by atoms with Crippen LogP contribution >= 0.6 is 0 Å². The molecule has 2 N–H and O–H groups in total. The number of hydrogen-bond donors (Lipinski definition) is 2. The maximum atomic E-state index is 12.3. The average Bonchev–Trinajstić information content (AvgIpc) is 2.72. The number of nitrogens with one attached hydrogen (secondary N) is 1. The molecule has 0 atom stereocenters. The summed E-state index contributed by atoms with van der Waals surface area (Å²) in [5.74, 6) is -0.479. The fourth-order valence-electron chi connectivity index (χ4n) is 3.13. The molecule has 8 nitrogen and oxygen atoms in total. The van der Waals surface area contributed by atoms with Crippen molar-refractivity contribution in [2.75, 3.05) is 24.6 Å². The van der Waals surface area contributed by atoms with Crippen LogP contribution in [-0.2, 0) is 26.3 Å². The second kappa shape index (κ2) is 11.2. The van der Waals surface area contributed by atoms with E-state index in [0.29, 0.717) is 0 Å². The molecule has 1 aromatic rings. The van der Waals surface area contributed by atoms with Crippen LogP contribution < -0.4 is 4.72 Å². The topological polar surface area (TPSA) is 121 Å². The first-order chi connectivity index (χ1) is 14.2. The molecule has 1 heterocycles. The molecule has 0 spiro atoms. The van der Waals surface area contributed by atoms with Crippen LogP contribution in [0.3, 0.4) is 0 Å². The van der Waals surface area contributed by atoms with E-state index in [4.69, 9.17) is 5.11 Å². The molecule has 10 heteroatoms. The minimum Gasteiger partial charge on any atom is -0.465 e. The van der Waals surface area contributed by atoms with E-state index in [1.54, 1.807) is 6.08 Å². The van der Waals surface area contributed by atoms with Gasteiger partial charge in [-0.3, -0.25) is 4.72 Å². The molecular formula is C20H28N2O6S2. The standard InChI is InChI=1S/C20H28N2O6S2/c23-20(24)22-14-11-19(12-15-22)29(25,26)16-7-13-21-30(27,28)17-6-2-5-10-18-8-3-1-4-9-18/h1-4,6-9,13,19,21H,5,10-12,14-17H2,(H,23,24). The number of rotatable bonds is 10. The molecule has 30 heavy (non-hydrogen) atoms. The van der Waals surface area contributed by atoms with E-state index in [9.17, 15) is 21.6 Å². The number of carboxylic acid groups (broad SMARTS) is 1. The van der Waals surface area contributed by atoms with E-state index in [1.807, 2.05) is 36.4 Å². The fourth-order valence-corrected chi connectivity index (χ4v) is 5.49. The van der Waals surface area contributed by atoms with Crippen molar-refractivity contribution < 1.29 is 26.7 Å². The van der Waals surface area contributed by atoms with Crippen molar-refractivity contribution in [1.82, 2.24) is 9.62 Å². The van der Waals surface area contributed by atoms with E-state index >= 15 is 0 Å². The molecule has 166 valence electrons. The minimum atomic E-state index is -3.58. The maximum Gasteiger partial charge on any atom is 0.407 e. The van der Waals surface area contributed by atoms with Crippen molar-refractivity contribution >= 4 is 26.0 Å². The number of amides is 1. The number of piperidine rings is 1. The molecule has 0 unspecified atom stereocenters. The van der Waals surface area contributed by atoms with Gasteiger partial charge in [-0.25, -0.2) is 21.6 Å². The zero-order valence-corrected chi connectivity index (χ0v) is 18.3. The van der Waals surface area contributed by atoms with Gasteiger partial charge in [0.25, 0.3) is 0 Å². The number of allylic oxidation sites excluding steroid dienone is 1. The quantitative estimate of drug-likeness (QED) is 0.521. The highest BCUT2D eigenvalue weighted by molar-refractivity contribution is 7.92. The summed E-state index contributed by atoms with van der Waals surface area (Å²) in [5, 5.41) is 8.31. The number of sulfone groups is 1. The smallest absolute Gasteiger partial charge is 0.407 e. The number of nitrogens with zero attached hydrogens (tertiary/aromatic N) is 1. The van der Waals surface area contributed by atoms with E-state index in [1.165, 1.54) is 16.5 Å². The van der Waals surface area contributed by atoms with Crippen molar-refractivity contribution in [3.05, 3.63) is 60.3 Å². The molecular weight excluding hydrogens is 428 g/mol. The Balaban J connectivity index is 1.71. The van der Waals surface area contributed by atoms with Crippen LogP contribution in [0.1, 0.15) is 24.8 Å². The third-order valence-corrected chi connectivity index (χ3v) is 8.11. The van der Waals surface area contributed by atoms with Crippen molar-refractivity contribution in [2.24, 2.45) is 0 Å². The maximum absolute atomic E-state index is 12.3. The van der Waals surface area contributed by atoms with Gasteiger partial charge in [-0.05, 0) is 31.2 Å². The van der Waals surface area contributed by atoms with E-state index < -0.39 is 31.2 Å². The number of benzene rings is 1. The van der Waals surface area contributed by atoms with Crippen LogP contribution in [0, 0.1) is 0 Å². The first-order valence-electron chi connectivity index (χ1n) is 9.73. The lowest BCUT2D eigenvalue weighted by Gasteiger charge is -2.29. The summed E-state index contributed by atoms with van der Waals surface area (Å²) in [5.41, 5.74) is 1.18. The summed E-state index contributed by atoms with van der Waals surface area (Å²) in [7, 11) is -7.03. The Hall–Kier alpha value is -2.33. The van der Waals surface area contributed by atoms with Gasteiger partial charge < -0.3 is 10.0 Å². The summed E-state index contributed by atoms with van der Waals surface area (Å²) in [6.07, 6.45) is 6.81. The zero-order valence-electron chi connectivity index (χ0n) is 16.7. The van der Waals surface area contributed by atoms with Crippen LogP contribution in [0.4, 0.5) is 4.79 Å². The van der Waals surface area contributed by atoms with Crippen molar-refractivity contribution in [3.8, 4) is 0 Å². The molecule has 1 saturated heterocycles. The lowest BCUT2D eigenvalue weighted by Crippen LogP contribution is -2.42. The average molecular weight is 457 g/mol. The van der Waals surface area contributed by atoms with Gasteiger partial charge in [0, 0.05) is 19.3 Å². The SMILES string of the molecule is O=C(O)N1CCC(S(=O)(=O)CC=CNS(=O)(=O)CC=CCCc2ccccc2)CC1. The number of carbonyl (C=O) groups is 1. The summed E-state index contributed by atoms with van der Waals surface area (Å²) in [4.78, 5) is 12.1. The normalized spacial score (nSPS) is 16.3. The van der Waals surface area contributed by atoms with Crippen molar-refractivity contribution in [3.63, 3.8) is 0 Å². The summed E-state index contributed by atoms with van der Waals surface area (Å²) in [6, 6.07) is 9.89. The fraction of sp³-hybridized carbons (Fsp3) is 0.450.